The Kier molecular flexibility index (Phi) is 6.78. The molecule has 0 saturated heterocycles. The zero-order valence-corrected chi connectivity index (χ0v) is 18.4. The van der Waals surface area contributed by atoms with Gasteiger partial charge in [0.15, 0.2) is 0 Å². The number of H-pyrrole nitrogens is 1. The first-order valence-electron chi connectivity index (χ1n) is 9.42. The molecular formula is C24H21Cl2NO4. The monoisotopic (exact) mass is 457 g/mol. The summed E-state index contributed by atoms with van der Waals surface area (Å²) in [6, 6.07) is 15.9. The van der Waals surface area contributed by atoms with Crippen molar-refractivity contribution in [3.63, 3.8) is 0 Å². The molecule has 160 valence electrons. The number of aromatic nitrogens is 1. The van der Waals surface area contributed by atoms with Crippen molar-refractivity contribution in [2.45, 2.75) is 20.3 Å². The van der Waals surface area contributed by atoms with Gasteiger partial charge < -0.3 is 20.3 Å². The van der Waals surface area contributed by atoms with Crippen LogP contribution in [0.5, 0.6) is 11.5 Å². The van der Waals surface area contributed by atoms with Crippen LogP contribution in [0.25, 0.3) is 10.9 Å². The van der Waals surface area contributed by atoms with Crippen LogP contribution >= 0.6 is 23.2 Å². The molecule has 7 heteroatoms. The number of rotatable bonds is 3. The van der Waals surface area contributed by atoms with Gasteiger partial charge in [-0.1, -0.05) is 41.4 Å². The van der Waals surface area contributed by atoms with Crippen LogP contribution < -0.4 is 0 Å². The minimum atomic E-state index is -0.925. The molecule has 0 aliphatic carbocycles. The molecule has 0 radical (unpaired) electrons. The maximum atomic E-state index is 10.5. The smallest absolute Gasteiger partial charge is 0.352 e. The molecule has 31 heavy (non-hydrogen) atoms. The van der Waals surface area contributed by atoms with Crippen molar-refractivity contribution in [2.75, 3.05) is 0 Å². The molecule has 4 rings (SSSR count). The standard InChI is InChI=1S/C15H14Cl2O2.C9H7NO2/c1-8-3-12(16)6-10(14(8)18)5-11-7-13(17)4-9(2)15(11)19;11-9(12)8-5-6-3-1-2-4-7(6)10-8/h3-4,6-7,18-19H,5H2,1-2H3;1-5,10H,(H,11,12). The summed E-state index contributed by atoms with van der Waals surface area (Å²) in [4.78, 5) is 13.3. The molecule has 0 bridgehead atoms. The van der Waals surface area contributed by atoms with Gasteiger partial charge in [0.1, 0.15) is 17.2 Å². The number of para-hydroxylation sites is 1. The lowest BCUT2D eigenvalue weighted by Crippen LogP contribution is -1.94. The quantitative estimate of drug-likeness (QED) is 0.283. The predicted octanol–water partition coefficient (Wildman–Crippen LogP) is 6.48. The number of benzene rings is 3. The lowest BCUT2D eigenvalue weighted by molar-refractivity contribution is 0.0691. The van der Waals surface area contributed by atoms with Crippen molar-refractivity contribution < 1.29 is 20.1 Å². The van der Waals surface area contributed by atoms with E-state index in [2.05, 4.69) is 4.98 Å². The molecule has 0 spiro atoms. The molecule has 0 aliphatic heterocycles. The Bertz CT molecular complexity index is 1180. The summed E-state index contributed by atoms with van der Waals surface area (Å²) in [5.74, 6) is -0.533. The summed E-state index contributed by atoms with van der Waals surface area (Å²) >= 11 is 12.0. The number of carboxylic acid groups (broad SMARTS) is 1. The molecule has 4 N–H and O–H groups in total. The minimum Gasteiger partial charge on any atom is -0.507 e. The molecule has 0 saturated carbocycles. The SMILES string of the molecule is Cc1cc(Cl)cc(Cc2cc(Cl)cc(C)c2O)c1O.O=C(O)c1cc2ccccc2[nH]1. The highest BCUT2D eigenvalue weighted by atomic mass is 35.5. The van der Waals surface area contributed by atoms with Crippen LogP contribution in [0, 0.1) is 13.8 Å². The van der Waals surface area contributed by atoms with Gasteiger partial charge in [0.25, 0.3) is 0 Å². The largest absolute Gasteiger partial charge is 0.507 e. The number of carbonyl (C=O) groups is 1. The lowest BCUT2D eigenvalue weighted by atomic mass is 9.99. The van der Waals surface area contributed by atoms with Crippen LogP contribution in [0.2, 0.25) is 10.0 Å². The number of hydrogen-bond acceptors (Lipinski definition) is 3. The van der Waals surface area contributed by atoms with Crippen LogP contribution in [-0.2, 0) is 6.42 Å². The van der Waals surface area contributed by atoms with Crippen molar-refractivity contribution in [1.82, 2.24) is 4.98 Å². The molecule has 0 amide bonds. The third kappa shape index (κ3) is 5.32. The summed E-state index contributed by atoms with van der Waals surface area (Å²) in [6.07, 6.45) is 0.375. The van der Waals surface area contributed by atoms with Gasteiger partial charge in [-0.25, -0.2) is 4.79 Å². The van der Waals surface area contributed by atoms with E-state index >= 15 is 0 Å². The number of phenolic OH excluding ortho intramolecular Hbond substituents is 2. The molecule has 1 aromatic heterocycles. The molecule has 0 unspecified atom stereocenters. The number of carboxylic acids is 1. The highest BCUT2D eigenvalue weighted by Gasteiger charge is 2.12. The second-order valence-corrected chi connectivity index (χ2v) is 8.09. The topological polar surface area (TPSA) is 93.6 Å². The lowest BCUT2D eigenvalue weighted by Gasteiger charge is -2.11. The molecule has 4 aromatic rings. The first kappa shape index (κ1) is 22.5. The molecular weight excluding hydrogens is 437 g/mol. The highest BCUT2D eigenvalue weighted by Crippen LogP contribution is 2.33. The minimum absolute atomic E-state index is 0.196. The summed E-state index contributed by atoms with van der Waals surface area (Å²) in [7, 11) is 0. The average molecular weight is 458 g/mol. The van der Waals surface area contributed by atoms with Gasteiger partial charge in [-0.2, -0.15) is 0 Å². The van der Waals surface area contributed by atoms with Crippen LogP contribution in [0.1, 0.15) is 32.7 Å². The van der Waals surface area contributed by atoms with E-state index in [1.165, 1.54) is 0 Å². The Morgan fingerprint density at radius 1 is 0.871 bits per heavy atom. The van der Waals surface area contributed by atoms with E-state index < -0.39 is 5.97 Å². The Morgan fingerprint density at radius 2 is 1.39 bits per heavy atom. The molecule has 3 aromatic carbocycles. The van der Waals surface area contributed by atoms with Gasteiger partial charge in [0.05, 0.1) is 0 Å². The van der Waals surface area contributed by atoms with Crippen LogP contribution in [0.3, 0.4) is 0 Å². The zero-order valence-electron chi connectivity index (χ0n) is 16.9. The summed E-state index contributed by atoms with van der Waals surface area (Å²) in [5.41, 5.74) is 3.84. The number of aromatic carboxylic acids is 1. The van der Waals surface area contributed by atoms with Crippen molar-refractivity contribution >= 4 is 40.1 Å². The Balaban J connectivity index is 0.000000194. The van der Waals surface area contributed by atoms with E-state index in [-0.39, 0.29) is 17.2 Å². The second kappa shape index (κ2) is 9.33. The third-order valence-corrected chi connectivity index (χ3v) is 5.27. The van der Waals surface area contributed by atoms with Gasteiger partial charge in [-0.05, 0) is 61.4 Å². The van der Waals surface area contributed by atoms with Gasteiger partial charge >= 0.3 is 5.97 Å². The maximum Gasteiger partial charge on any atom is 0.352 e. The number of halogens is 2. The Hall–Kier alpha value is -3.15. The van der Waals surface area contributed by atoms with Crippen LogP contribution in [-0.4, -0.2) is 26.3 Å². The van der Waals surface area contributed by atoms with Crippen molar-refractivity contribution in [3.05, 3.63) is 92.6 Å². The first-order chi connectivity index (χ1) is 14.7. The van der Waals surface area contributed by atoms with Gasteiger partial charge in [0.2, 0.25) is 0 Å². The number of hydrogen-bond donors (Lipinski definition) is 4. The van der Waals surface area contributed by atoms with E-state index in [0.29, 0.717) is 38.7 Å². The van der Waals surface area contributed by atoms with E-state index in [9.17, 15) is 15.0 Å². The highest BCUT2D eigenvalue weighted by molar-refractivity contribution is 6.31. The number of fused-ring (bicyclic) bond motifs is 1. The van der Waals surface area contributed by atoms with E-state index in [0.717, 1.165) is 10.9 Å². The summed E-state index contributed by atoms with van der Waals surface area (Å²) in [5, 5.41) is 30.8. The maximum absolute atomic E-state index is 10.5. The van der Waals surface area contributed by atoms with Crippen LogP contribution in [0.4, 0.5) is 0 Å². The number of aryl methyl sites for hydroxylation is 2. The zero-order chi connectivity index (χ0) is 22.7. The van der Waals surface area contributed by atoms with E-state index in [1.807, 2.05) is 24.3 Å². The Morgan fingerprint density at radius 3 is 1.87 bits per heavy atom. The number of phenols is 2. The molecule has 0 aliphatic rings. The fourth-order valence-corrected chi connectivity index (χ4v) is 3.86. The predicted molar refractivity (Wildman–Crippen MR) is 124 cm³/mol. The van der Waals surface area contributed by atoms with Crippen molar-refractivity contribution in [1.29, 1.82) is 0 Å². The molecule has 0 atom stereocenters. The van der Waals surface area contributed by atoms with Crippen LogP contribution in [0.15, 0.2) is 54.6 Å². The van der Waals surface area contributed by atoms with E-state index in [4.69, 9.17) is 28.3 Å². The summed E-state index contributed by atoms with van der Waals surface area (Å²) < 4.78 is 0. The normalized spacial score (nSPS) is 10.6. The number of nitrogens with one attached hydrogen (secondary N) is 1. The van der Waals surface area contributed by atoms with Crippen molar-refractivity contribution in [3.8, 4) is 11.5 Å². The fourth-order valence-electron chi connectivity index (χ4n) is 3.27. The van der Waals surface area contributed by atoms with Gasteiger partial charge in [0, 0.05) is 38.5 Å². The van der Waals surface area contributed by atoms with Gasteiger partial charge in [-0.3, -0.25) is 0 Å². The van der Waals surface area contributed by atoms with E-state index in [1.54, 1.807) is 44.2 Å². The fraction of sp³-hybridized carbons (Fsp3) is 0.125. The number of aromatic hydroxyl groups is 2. The van der Waals surface area contributed by atoms with Crippen molar-refractivity contribution in [2.24, 2.45) is 0 Å². The average Bonchev–Trinajstić information content (AvgIpc) is 3.15. The molecule has 0 fully saturated rings. The Labute approximate surface area is 189 Å². The first-order valence-corrected chi connectivity index (χ1v) is 10.2. The molecule has 5 nitrogen and oxygen atoms in total. The number of aromatic amines is 1. The third-order valence-electron chi connectivity index (χ3n) is 4.83. The summed E-state index contributed by atoms with van der Waals surface area (Å²) in [6.45, 7) is 3.57. The molecule has 1 heterocycles. The van der Waals surface area contributed by atoms with Gasteiger partial charge in [-0.15, -0.1) is 0 Å². The second-order valence-electron chi connectivity index (χ2n) is 7.21.